The van der Waals surface area contributed by atoms with E-state index in [1.54, 1.807) is 0 Å². The van der Waals surface area contributed by atoms with Crippen LogP contribution in [-0.4, -0.2) is 11.3 Å². The van der Waals surface area contributed by atoms with Gasteiger partial charge in [-0.15, -0.1) is 13.2 Å². The van der Waals surface area contributed by atoms with Crippen LogP contribution in [0.1, 0.15) is 11.4 Å². The number of hydrogen-bond acceptors (Lipinski definition) is 2. The summed E-state index contributed by atoms with van der Waals surface area (Å²) in [6.45, 7) is 0. The number of pyridine rings is 1. The van der Waals surface area contributed by atoms with Crippen molar-refractivity contribution >= 4 is 38.5 Å². The number of ether oxygens (including phenoxy) is 1. The van der Waals surface area contributed by atoms with E-state index >= 15 is 0 Å². The zero-order valence-corrected chi connectivity index (χ0v) is 11.9. The molecule has 0 amide bonds. The molecule has 1 heterocycles. The van der Waals surface area contributed by atoms with Gasteiger partial charge in [0.15, 0.2) is 5.75 Å². The monoisotopic (exact) mass is 449 g/mol. The van der Waals surface area contributed by atoms with Crippen molar-refractivity contribution in [3.05, 3.63) is 21.0 Å². The summed E-state index contributed by atoms with van der Waals surface area (Å²) in [6.07, 6.45) is -9.72. The maximum Gasteiger partial charge on any atom is 0.573 e. The Morgan fingerprint density at radius 1 is 1.22 bits per heavy atom. The molecule has 0 saturated heterocycles. The second-order valence-electron chi connectivity index (χ2n) is 2.94. The molecule has 0 atom stereocenters. The quantitative estimate of drug-likeness (QED) is 0.377. The van der Waals surface area contributed by atoms with Crippen molar-refractivity contribution < 1.29 is 31.1 Å². The Morgan fingerprint density at radius 3 is 2.17 bits per heavy atom. The van der Waals surface area contributed by atoms with E-state index in [0.717, 1.165) is 0 Å². The zero-order valence-electron chi connectivity index (χ0n) is 8.16. The highest BCUT2D eigenvalue weighted by atomic mass is 127. The van der Waals surface area contributed by atoms with E-state index < -0.39 is 29.7 Å². The van der Waals surface area contributed by atoms with E-state index in [-0.39, 0.29) is 8.90 Å². The largest absolute Gasteiger partial charge is 0.573 e. The molecule has 10 heteroatoms. The van der Waals surface area contributed by atoms with Gasteiger partial charge in [0.05, 0.1) is 9.26 Å². The number of halogens is 8. The molecule has 0 aliphatic rings. The lowest BCUT2D eigenvalue weighted by Gasteiger charge is -2.15. The van der Waals surface area contributed by atoms with E-state index in [2.05, 4.69) is 25.7 Å². The second-order valence-corrected chi connectivity index (χ2v) is 4.67. The minimum absolute atomic E-state index is 0.293. The molecule has 1 rings (SSSR count). The summed E-state index contributed by atoms with van der Waals surface area (Å²) in [7, 11) is 0. The molecular formula is C8H3BrF6INO. The average molecular weight is 450 g/mol. The van der Waals surface area contributed by atoms with Gasteiger partial charge < -0.3 is 4.74 Å². The lowest BCUT2D eigenvalue weighted by Crippen LogP contribution is -2.20. The predicted molar refractivity (Wildman–Crippen MR) is 61.3 cm³/mol. The van der Waals surface area contributed by atoms with Crippen LogP contribution in [0, 0.1) is 3.57 Å². The van der Waals surface area contributed by atoms with Crippen LogP contribution in [-0.2, 0) is 11.5 Å². The highest BCUT2D eigenvalue weighted by Crippen LogP contribution is 2.36. The van der Waals surface area contributed by atoms with Gasteiger partial charge in [0.1, 0.15) is 5.69 Å². The number of alkyl halides is 7. The fourth-order valence-corrected chi connectivity index (χ4v) is 2.11. The van der Waals surface area contributed by atoms with Gasteiger partial charge >= 0.3 is 12.5 Å². The Hall–Kier alpha value is -0.260. The standard InChI is InChI=1S/C8H3BrF6INO/c9-2-4-6(18-8(13,14)15)3(16)1-5(17-4)7(10,11)12/h1H,2H2. The minimum atomic E-state index is -4.99. The Balaban J connectivity index is 3.29. The van der Waals surface area contributed by atoms with Crippen LogP contribution in [0.4, 0.5) is 26.3 Å². The van der Waals surface area contributed by atoms with Crippen LogP contribution >= 0.6 is 38.5 Å². The third kappa shape index (κ3) is 4.14. The fraction of sp³-hybridized carbons (Fsp3) is 0.375. The Kier molecular flexibility index (Phi) is 4.73. The molecule has 1 aromatic rings. The number of rotatable bonds is 2. The average Bonchev–Trinajstić information content (AvgIpc) is 2.17. The first kappa shape index (κ1) is 15.8. The summed E-state index contributed by atoms with van der Waals surface area (Å²) in [5, 5.41) is -0.293. The van der Waals surface area contributed by atoms with Crippen molar-refractivity contribution in [3.8, 4) is 5.75 Å². The van der Waals surface area contributed by atoms with Gasteiger partial charge in [-0.25, -0.2) is 4.98 Å². The van der Waals surface area contributed by atoms with Gasteiger partial charge in [0.2, 0.25) is 0 Å². The number of nitrogens with zero attached hydrogens (tertiary/aromatic N) is 1. The lowest BCUT2D eigenvalue weighted by molar-refractivity contribution is -0.275. The lowest BCUT2D eigenvalue weighted by atomic mass is 10.3. The highest BCUT2D eigenvalue weighted by Gasteiger charge is 2.37. The summed E-state index contributed by atoms with van der Waals surface area (Å²) in [6, 6.07) is 0.494. The Labute approximate surface area is 119 Å². The third-order valence-corrected chi connectivity index (χ3v) is 2.97. The molecule has 1 aromatic heterocycles. The van der Waals surface area contributed by atoms with Crippen LogP contribution in [0.25, 0.3) is 0 Å². The van der Waals surface area contributed by atoms with E-state index in [1.165, 1.54) is 22.6 Å². The van der Waals surface area contributed by atoms with Gasteiger partial charge in [0.25, 0.3) is 0 Å². The Bertz CT molecular complexity index is 446. The molecule has 0 N–H and O–H groups in total. The van der Waals surface area contributed by atoms with E-state index in [0.29, 0.717) is 6.07 Å². The first-order chi connectivity index (χ1) is 8.04. The maximum absolute atomic E-state index is 12.4. The molecule has 18 heavy (non-hydrogen) atoms. The van der Waals surface area contributed by atoms with Crippen LogP contribution in [0.5, 0.6) is 5.75 Å². The molecule has 0 aliphatic carbocycles. The van der Waals surface area contributed by atoms with E-state index in [1.807, 2.05) is 0 Å². The summed E-state index contributed by atoms with van der Waals surface area (Å²) < 4.78 is 76.8. The fourth-order valence-electron chi connectivity index (χ4n) is 1.01. The summed E-state index contributed by atoms with van der Waals surface area (Å²) >= 11 is 4.10. The van der Waals surface area contributed by atoms with Gasteiger partial charge in [0, 0.05) is 5.33 Å². The second kappa shape index (κ2) is 5.39. The number of hydrogen-bond donors (Lipinski definition) is 0. The molecule has 0 bridgehead atoms. The van der Waals surface area contributed by atoms with Crippen molar-refractivity contribution in [3.63, 3.8) is 0 Å². The topological polar surface area (TPSA) is 22.1 Å². The van der Waals surface area contributed by atoms with Crippen LogP contribution in [0.15, 0.2) is 6.07 Å². The summed E-state index contributed by atoms with van der Waals surface area (Å²) in [5.74, 6) is -0.729. The van der Waals surface area contributed by atoms with Crippen LogP contribution in [0.2, 0.25) is 0 Å². The normalized spacial score (nSPS) is 12.7. The smallest absolute Gasteiger partial charge is 0.403 e. The van der Waals surface area contributed by atoms with Crippen molar-refractivity contribution in [2.45, 2.75) is 17.9 Å². The molecule has 0 unspecified atom stereocenters. The van der Waals surface area contributed by atoms with Crippen molar-refractivity contribution in [2.24, 2.45) is 0 Å². The number of aromatic nitrogens is 1. The molecule has 0 saturated carbocycles. The molecule has 2 nitrogen and oxygen atoms in total. The molecular weight excluding hydrogens is 447 g/mol. The van der Waals surface area contributed by atoms with Gasteiger partial charge in [-0.1, -0.05) is 15.9 Å². The van der Waals surface area contributed by atoms with Crippen molar-refractivity contribution in [2.75, 3.05) is 0 Å². The maximum atomic E-state index is 12.4. The molecule has 0 spiro atoms. The van der Waals surface area contributed by atoms with E-state index in [9.17, 15) is 26.3 Å². The van der Waals surface area contributed by atoms with Crippen LogP contribution < -0.4 is 4.74 Å². The zero-order chi connectivity index (χ0) is 14.1. The minimum Gasteiger partial charge on any atom is -0.403 e. The SMILES string of the molecule is FC(F)(F)Oc1c(I)cc(C(F)(F)F)nc1CBr. The van der Waals surface area contributed by atoms with Gasteiger partial charge in [-0.2, -0.15) is 13.2 Å². The van der Waals surface area contributed by atoms with Gasteiger partial charge in [-0.3, -0.25) is 0 Å². The van der Waals surface area contributed by atoms with Gasteiger partial charge in [-0.05, 0) is 28.7 Å². The third-order valence-electron chi connectivity index (χ3n) is 1.63. The molecule has 0 radical (unpaired) electrons. The first-order valence-corrected chi connectivity index (χ1v) is 6.33. The van der Waals surface area contributed by atoms with E-state index in [4.69, 9.17) is 0 Å². The molecule has 0 fully saturated rings. The Morgan fingerprint density at radius 2 is 1.78 bits per heavy atom. The molecule has 0 aromatic carbocycles. The van der Waals surface area contributed by atoms with Crippen molar-refractivity contribution in [1.29, 1.82) is 0 Å². The predicted octanol–water partition coefficient (Wildman–Crippen LogP) is 4.50. The molecule has 0 aliphatic heterocycles. The first-order valence-electron chi connectivity index (χ1n) is 4.13. The summed E-state index contributed by atoms with van der Waals surface area (Å²) in [4.78, 5) is 3.11. The van der Waals surface area contributed by atoms with Crippen LogP contribution in [0.3, 0.4) is 0 Å². The van der Waals surface area contributed by atoms with Crippen molar-refractivity contribution in [1.82, 2.24) is 4.98 Å². The summed E-state index contributed by atoms with van der Waals surface area (Å²) in [5.41, 5.74) is -1.73. The highest BCUT2D eigenvalue weighted by molar-refractivity contribution is 14.1. The molecule has 102 valence electrons.